The van der Waals surface area contributed by atoms with Crippen molar-refractivity contribution in [3.63, 3.8) is 0 Å². The van der Waals surface area contributed by atoms with Gasteiger partial charge in [-0.2, -0.15) is 0 Å². The van der Waals surface area contributed by atoms with E-state index in [4.69, 9.17) is 0 Å². The Bertz CT molecular complexity index is 772. The van der Waals surface area contributed by atoms with Crippen LogP contribution in [0.15, 0.2) is 30.3 Å². The third kappa shape index (κ3) is 9.57. The van der Waals surface area contributed by atoms with Crippen LogP contribution in [0.2, 0.25) is 0 Å². The van der Waals surface area contributed by atoms with Gasteiger partial charge in [0.1, 0.15) is 12.1 Å². The Balaban J connectivity index is 2.15. The molecular weight excluding hydrogens is 428 g/mol. The van der Waals surface area contributed by atoms with Gasteiger partial charge in [0.05, 0.1) is 6.04 Å². The molecule has 190 valence electrons. The fourth-order valence-electron chi connectivity index (χ4n) is 4.68. The van der Waals surface area contributed by atoms with Gasteiger partial charge in [-0.3, -0.25) is 14.4 Å². The summed E-state index contributed by atoms with van der Waals surface area (Å²) >= 11 is 0. The molecule has 6 heteroatoms. The summed E-state index contributed by atoms with van der Waals surface area (Å²) in [6.07, 6.45) is 6.42. The maximum Gasteiger partial charge on any atom is 0.242 e. The largest absolute Gasteiger partial charge is 0.383 e. The molecule has 6 nitrogen and oxygen atoms in total. The zero-order valence-corrected chi connectivity index (χ0v) is 21.4. The molecule has 1 aromatic carbocycles. The first-order valence-electron chi connectivity index (χ1n) is 13.0. The summed E-state index contributed by atoms with van der Waals surface area (Å²) in [7, 11) is 0. The van der Waals surface area contributed by atoms with Crippen LogP contribution >= 0.6 is 0 Å². The lowest BCUT2D eigenvalue weighted by molar-refractivity contribution is -0.130. The number of benzene rings is 1. The predicted molar refractivity (Wildman–Crippen MR) is 135 cm³/mol. The van der Waals surface area contributed by atoms with E-state index in [1.807, 2.05) is 19.9 Å². The number of ketones is 1. The number of hydrogen-bond donors (Lipinski definition) is 3. The molecule has 3 N–H and O–H groups in total. The molecule has 34 heavy (non-hydrogen) atoms. The van der Waals surface area contributed by atoms with Crippen molar-refractivity contribution in [2.45, 2.75) is 104 Å². The molecule has 1 aromatic rings. The number of amides is 2. The average Bonchev–Trinajstić information content (AvgIpc) is 2.81. The van der Waals surface area contributed by atoms with Crippen molar-refractivity contribution in [1.82, 2.24) is 10.6 Å². The van der Waals surface area contributed by atoms with E-state index >= 15 is 0 Å². The summed E-state index contributed by atoms with van der Waals surface area (Å²) in [5, 5.41) is 16.9. The monoisotopic (exact) mass is 472 g/mol. The Morgan fingerprint density at radius 3 is 2.18 bits per heavy atom. The first kappa shape index (κ1) is 28.0. The fraction of sp³-hybridized carbons (Fsp3) is 0.679. The lowest BCUT2D eigenvalue weighted by Gasteiger charge is -2.31. The Morgan fingerprint density at radius 2 is 1.59 bits per heavy atom. The van der Waals surface area contributed by atoms with E-state index in [-0.39, 0.29) is 23.5 Å². The van der Waals surface area contributed by atoms with Gasteiger partial charge in [0, 0.05) is 12.0 Å². The molecule has 0 spiro atoms. The third-order valence-electron chi connectivity index (χ3n) is 6.66. The van der Waals surface area contributed by atoms with Gasteiger partial charge in [0.2, 0.25) is 11.8 Å². The Morgan fingerprint density at radius 1 is 0.941 bits per heavy atom. The molecular formula is C28H44N2O4. The zero-order valence-electron chi connectivity index (χ0n) is 21.4. The number of aliphatic hydroxyl groups excluding tert-OH is 1. The molecule has 0 radical (unpaired) electrons. The van der Waals surface area contributed by atoms with Gasteiger partial charge in [0.15, 0.2) is 5.78 Å². The van der Waals surface area contributed by atoms with Crippen LogP contribution in [0.1, 0.15) is 95.8 Å². The molecule has 1 saturated carbocycles. The van der Waals surface area contributed by atoms with E-state index in [1.165, 1.54) is 6.42 Å². The van der Waals surface area contributed by atoms with Gasteiger partial charge in [-0.15, -0.1) is 0 Å². The van der Waals surface area contributed by atoms with Crippen LogP contribution < -0.4 is 10.6 Å². The van der Waals surface area contributed by atoms with Crippen LogP contribution in [0, 0.1) is 17.8 Å². The van der Waals surface area contributed by atoms with Crippen molar-refractivity contribution in [3.05, 3.63) is 35.9 Å². The average molecular weight is 473 g/mol. The maximum absolute atomic E-state index is 13.3. The van der Waals surface area contributed by atoms with E-state index in [0.29, 0.717) is 36.7 Å². The lowest BCUT2D eigenvalue weighted by atomic mass is 9.82. The van der Waals surface area contributed by atoms with Crippen LogP contribution in [0.3, 0.4) is 0 Å². The molecule has 0 unspecified atom stereocenters. The molecule has 1 aliphatic carbocycles. The summed E-state index contributed by atoms with van der Waals surface area (Å²) < 4.78 is 0. The smallest absolute Gasteiger partial charge is 0.242 e. The summed E-state index contributed by atoms with van der Waals surface area (Å²) in [5.74, 6) is 0.118. The number of Topliss-reactive ketones (excluding diaryl/α,β-unsaturated/α-hetero) is 1. The quantitative estimate of drug-likeness (QED) is 0.364. The second-order valence-electron chi connectivity index (χ2n) is 10.7. The second-order valence-corrected chi connectivity index (χ2v) is 10.7. The molecule has 1 fully saturated rings. The van der Waals surface area contributed by atoms with Crippen LogP contribution in [0.4, 0.5) is 0 Å². The second kappa shape index (κ2) is 14.2. The first-order chi connectivity index (χ1) is 16.2. The van der Waals surface area contributed by atoms with Gasteiger partial charge in [0.25, 0.3) is 0 Å². The van der Waals surface area contributed by atoms with Crippen molar-refractivity contribution >= 4 is 17.6 Å². The van der Waals surface area contributed by atoms with Crippen molar-refractivity contribution in [1.29, 1.82) is 0 Å². The van der Waals surface area contributed by atoms with Gasteiger partial charge in [-0.25, -0.2) is 0 Å². The Kier molecular flexibility index (Phi) is 11.7. The molecule has 2 amide bonds. The fourth-order valence-corrected chi connectivity index (χ4v) is 4.68. The van der Waals surface area contributed by atoms with Crippen LogP contribution in [0.5, 0.6) is 0 Å². The lowest BCUT2D eigenvalue weighted by Crippen LogP contribution is -2.54. The third-order valence-corrected chi connectivity index (χ3v) is 6.66. The Hall–Kier alpha value is -2.21. The zero-order chi connectivity index (χ0) is 25.1. The van der Waals surface area contributed by atoms with Crippen molar-refractivity contribution < 1.29 is 19.5 Å². The minimum Gasteiger partial charge on any atom is -0.383 e. The molecule has 0 heterocycles. The number of carbonyl (C=O) groups is 3. The van der Waals surface area contributed by atoms with E-state index in [1.54, 1.807) is 24.3 Å². The minimum atomic E-state index is -1.33. The van der Waals surface area contributed by atoms with Gasteiger partial charge in [-0.1, -0.05) is 90.1 Å². The highest BCUT2D eigenvalue weighted by molar-refractivity contribution is 6.00. The van der Waals surface area contributed by atoms with Crippen molar-refractivity contribution in [3.8, 4) is 0 Å². The van der Waals surface area contributed by atoms with Crippen LogP contribution in [-0.4, -0.2) is 40.9 Å². The number of hydrogen-bond acceptors (Lipinski definition) is 4. The van der Waals surface area contributed by atoms with Gasteiger partial charge >= 0.3 is 0 Å². The van der Waals surface area contributed by atoms with Gasteiger partial charge in [-0.05, 0) is 37.0 Å². The number of carbonyl (C=O) groups excluding carboxylic acids is 3. The Labute approximate surface area is 205 Å². The summed E-state index contributed by atoms with van der Waals surface area (Å²) in [4.78, 5) is 38.8. The van der Waals surface area contributed by atoms with E-state index in [0.717, 1.165) is 32.1 Å². The normalized spacial score (nSPS) is 17.3. The predicted octanol–water partition coefficient (Wildman–Crippen LogP) is 4.65. The molecule has 0 aliphatic heterocycles. The number of rotatable bonds is 13. The van der Waals surface area contributed by atoms with Crippen molar-refractivity contribution in [2.75, 3.05) is 0 Å². The van der Waals surface area contributed by atoms with Crippen LogP contribution in [-0.2, 0) is 9.59 Å². The number of nitrogens with one attached hydrogen (secondary N) is 2. The highest BCUT2D eigenvalue weighted by Gasteiger charge is 2.33. The summed E-state index contributed by atoms with van der Waals surface area (Å²) in [5.41, 5.74) is 0.429. The topological polar surface area (TPSA) is 95.5 Å². The highest BCUT2D eigenvalue weighted by atomic mass is 16.3. The molecule has 1 aliphatic rings. The van der Waals surface area contributed by atoms with Crippen molar-refractivity contribution in [2.24, 2.45) is 17.8 Å². The SMILES string of the molecule is CC(C)CCC(=O)N[C@@H](CC(C)C)C(=O)N[C@@H](CC1CCCCC1)[C@@H](O)C(=O)c1ccccc1. The molecule has 0 aromatic heterocycles. The molecule has 0 saturated heterocycles. The van der Waals surface area contributed by atoms with E-state index in [9.17, 15) is 19.5 Å². The maximum atomic E-state index is 13.3. The van der Waals surface area contributed by atoms with E-state index < -0.39 is 18.2 Å². The minimum absolute atomic E-state index is 0.140. The standard InChI is InChI=1S/C28H44N2O4/c1-19(2)15-16-25(31)29-24(17-20(3)4)28(34)30-23(18-21-11-7-5-8-12-21)27(33)26(32)22-13-9-6-10-14-22/h6,9-10,13-14,19-21,23-24,27,33H,5,7-8,11-12,15-18H2,1-4H3,(H,29,31)(H,30,34)/t23-,24-,27+/m0/s1. The summed E-state index contributed by atoms with van der Waals surface area (Å²) in [6.45, 7) is 8.14. The molecule has 3 atom stereocenters. The van der Waals surface area contributed by atoms with Crippen LogP contribution in [0.25, 0.3) is 0 Å². The first-order valence-corrected chi connectivity index (χ1v) is 13.0. The van der Waals surface area contributed by atoms with Gasteiger partial charge < -0.3 is 15.7 Å². The number of aliphatic hydroxyl groups is 1. The summed E-state index contributed by atoms with van der Waals surface area (Å²) in [6, 6.07) is 7.34. The molecule has 0 bridgehead atoms. The highest BCUT2D eigenvalue weighted by Crippen LogP contribution is 2.28. The molecule has 2 rings (SSSR count). The van der Waals surface area contributed by atoms with E-state index in [2.05, 4.69) is 24.5 Å².